The van der Waals surface area contributed by atoms with Crippen LogP contribution in [0, 0.1) is 11.3 Å². The smallest absolute Gasteiger partial charge is 0.312 e. The van der Waals surface area contributed by atoms with E-state index in [4.69, 9.17) is 10.4 Å². The second kappa shape index (κ2) is 8.25. The molecule has 2 heterocycles. The van der Waals surface area contributed by atoms with E-state index < -0.39 is 6.03 Å². The molecule has 0 unspecified atom stereocenters. The van der Waals surface area contributed by atoms with Crippen molar-refractivity contribution in [3.05, 3.63) is 70.9 Å². The van der Waals surface area contributed by atoms with Gasteiger partial charge in [-0.15, -0.1) is 0 Å². The van der Waals surface area contributed by atoms with E-state index in [0.717, 1.165) is 30.9 Å². The number of nitrogens with one attached hydrogen (secondary N) is 3. The fraction of sp³-hybridized carbons (Fsp3) is 0.292. The van der Waals surface area contributed by atoms with Crippen LogP contribution in [0.2, 0.25) is 0 Å². The molecule has 7 heteroatoms. The molecule has 31 heavy (non-hydrogen) atoms. The maximum Gasteiger partial charge on any atom is 0.324 e. The lowest BCUT2D eigenvalue weighted by molar-refractivity contribution is 0.262. The van der Waals surface area contributed by atoms with Crippen LogP contribution in [0.5, 0.6) is 0 Å². The predicted molar refractivity (Wildman–Crippen MR) is 121 cm³/mol. The van der Waals surface area contributed by atoms with Crippen LogP contribution in [-0.4, -0.2) is 22.4 Å². The number of amides is 2. The largest absolute Gasteiger partial charge is 0.324 e. The Bertz CT molecular complexity index is 1170. The summed E-state index contributed by atoms with van der Waals surface area (Å²) in [6.07, 6.45) is 1.01. The Kier molecular flexibility index (Phi) is 5.49. The molecule has 3 N–H and O–H groups in total. The first-order valence-corrected chi connectivity index (χ1v) is 10.3. The van der Waals surface area contributed by atoms with Crippen LogP contribution in [0.3, 0.4) is 0 Å². The molecular formula is C24H26N6O. The summed E-state index contributed by atoms with van der Waals surface area (Å²) in [6, 6.07) is 16.7. The Morgan fingerprint density at radius 3 is 2.74 bits per heavy atom. The summed E-state index contributed by atoms with van der Waals surface area (Å²) in [5, 5.41) is 23.0. The summed E-state index contributed by atoms with van der Waals surface area (Å²) in [5.74, 6) is 0.586. The number of nitrogens with zero attached hydrogens (tertiary/aromatic N) is 3. The van der Waals surface area contributed by atoms with Gasteiger partial charge in [-0.05, 0) is 54.4 Å². The maximum atomic E-state index is 12.7. The van der Waals surface area contributed by atoms with Crippen molar-refractivity contribution in [3.63, 3.8) is 0 Å². The number of anilines is 2. The van der Waals surface area contributed by atoms with Gasteiger partial charge in [-0.1, -0.05) is 32.9 Å². The van der Waals surface area contributed by atoms with Crippen molar-refractivity contribution in [3.8, 4) is 11.8 Å². The molecule has 0 radical (unpaired) electrons. The zero-order chi connectivity index (χ0) is 22.0. The molecule has 0 fully saturated rings. The number of hydrogen-bond acceptors (Lipinski definition) is 4. The van der Waals surface area contributed by atoms with Crippen molar-refractivity contribution in [1.29, 1.82) is 5.26 Å². The zero-order valence-electron chi connectivity index (χ0n) is 18.0. The Balaban J connectivity index is 1.64. The Labute approximate surface area is 182 Å². The topological polar surface area (TPSA) is 94.8 Å². The minimum Gasteiger partial charge on any atom is -0.312 e. The first kappa shape index (κ1) is 20.6. The van der Waals surface area contributed by atoms with E-state index in [9.17, 15) is 4.79 Å². The summed E-state index contributed by atoms with van der Waals surface area (Å²) >= 11 is 0. The van der Waals surface area contributed by atoms with Crippen molar-refractivity contribution < 1.29 is 4.79 Å². The third-order valence-electron chi connectivity index (χ3n) is 5.29. The van der Waals surface area contributed by atoms with Gasteiger partial charge in [-0.3, -0.25) is 5.32 Å². The number of benzene rings is 2. The number of urea groups is 1. The van der Waals surface area contributed by atoms with Gasteiger partial charge >= 0.3 is 6.03 Å². The quantitative estimate of drug-likeness (QED) is 0.594. The van der Waals surface area contributed by atoms with Gasteiger partial charge in [0.1, 0.15) is 5.82 Å². The number of rotatable bonds is 3. The van der Waals surface area contributed by atoms with Gasteiger partial charge in [0.05, 0.1) is 23.0 Å². The van der Waals surface area contributed by atoms with Crippen LogP contribution in [-0.2, 0) is 18.4 Å². The molecule has 7 nitrogen and oxygen atoms in total. The fourth-order valence-corrected chi connectivity index (χ4v) is 3.58. The van der Waals surface area contributed by atoms with Crippen molar-refractivity contribution in [2.24, 2.45) is 0 Å². The molecule has 0 aliphatic carbocycles. The molecule has 0 atom stereocenters. The highest BCUT2D eigenvalue weighted by Gasteiger charge is 2.22. The highest BCUT2D eigenvalue weighted by Crippen LogP contribution is 2.28. The van der Waals surface area contributed by atoms with Crippen LogP contribution < -0.4 is 16.0 Å². The van der Waals surface area contributed by atoms with Crippen molar-refractivity contribution in [2.45, 2.75) is 39.2 Å². The highest BCUT2D eigenvalue weighted by molar-refractivity contribution is 5.99. The minimum atomic E-state index is -0.392. The van der Waals surface area contributed by atoms with Gasteiger partial charge in [-0.25, -0.2) is 9.48 Å². The zero-order valence-corrected chi connectivity index (χ0v) is 18.0. The van der Waals surface area contributed by atoms with Gasteiger partial charge in [-0.2, -0.15) is 10.4 Å². The molecule has 4 rings (SSSR count). The van der Waals surface area contributed by atoms with Gasteiger partial charge in [0.25, 0.3) is 0 Å². The normalized spacial score (nSPS) is 13.2. The van der Waals surface area contributed by atoms with E-state index >= 15 is 0 Å². The molecule has 2 aromatic carbocycles. The summed E-state index contributed by atoms with van der Waals surface area (Å²) in [7, 11) is 0. The van der Waals surface area contributed by atoms with E-state index in [1.165, 1.54) is 11.1 Å². The molecule has 1 aromatic heterocycles. The Morgan fingerprint density at radius 2 is 1.97 bits per heavy atom. The average Bonchev–Trinajstić information content (AvgIpc) is 3.17. The van der Waals surface area contributed by atoms with Gasteiger partial charge in [0, 0.05) is 23.7 Å². The molecule has 3 aromatic rings. The second-order valence-electron chi connectivity index (χ2n) is 8.73. The fourth-order valence-electron chi connectivity index (χ4n) is 3.58. The van der Waals surface area contributed by atoms with E-state index in [-0.39, 0.29) is 5.41 Å². The van der Waals surface area contributed by atoms with Gasteiger partial charge in [0.15, 0.2) is 0 Å². The lowest BCUT2D eigenvalue weighted by Gasteiger charge is -2.18. The minimum absolute atomic E-state index is 0.172. The van der Waals surface area contributed by atoms with E-state index in [1.807, 2.05) is 12.1 Å². The van der Waals surface area contributed by atoms with E-state index in [2.05, 4.69) is 54.9 Å². The first-order chi connectivity index (χ1) is 14.8. The SMILES string of the molecule is CC(C)(C)c1cc(NC(=O)Nc2cccc(C#N)c2)n(-c2ccc3c(c2)CNCC3)n1. The number of hydrogen-bond donors (Lipinski definition) is 3. The monoisotopic (exact) mass is 414 g/mol. The summed E-state index contributed by atoms with van der Waals surface area (Å²) in [4.78, 5) is 12.7. The highest BCUT2D eigenvalue weighted by atomic mass is 16.2. The molecule has 0 saturated carbocycles. The van der Waals surface area contributed by atoms with Crippen LogP contribution in [0.4, 0.5) is 16.3 Å². The number of aromatic nitrogens is 2. The summed E-state index contributed by atoms with van der Waals surface area (Å²) in [5.41, 5.74) is 5.24. The molecule has 158 valence electrons. The van der Waals surface area contributed by atoms with Gasteiger partial charge < -0.3 is 10.6 Å². The van der Waals surface area contributed by atoms with Crippen molar-refractivity contribution in [2.75, 3.05) is 17.2 Å². The molecule has 0 bridgehead atoms. The molecule has 1 aliphatic rings. The van der Waals surface area contributed by atoms with Crippen molar-refractivity contribution in [1.82, 2.24) is 15.1 Å². The van der Waals surface area contributed by atoms with Crippen LogP contribution in [0.15, 0.2) is 48.5 Å². The van der Waals surface area contributed by atoms with E-state index in [1.54, 1.807) is 28.9 Å². The Hall–Kier alpha value is -3.63. The molecule has 1 aliphatic heterocycles. The van der Waals surface area contributed by atoms with Crippen LogP contribution in [0.25, 0.3) is 5.69 Å². The number of carbonyl (C=O) groups is 1. The number of carbonyl (C=O) groups excluding carboxylic acids is 1. The molecule has 0 saturated heterocycles. The second-order valence-corrected chi connectivity index (χ2v) is 8.73. The summed E-state index contributed by atoms with van der Waals surface area (Å²) in [6.45, 7) is 8.09. The molecule has 0 spiro atoms. The Morgan fingerprint density at radius 1 is 1.13 bits per heavy atom. The lowest BCUT2D eigenvalue weighted by Crippen LogP contribution is -2.24. The maximum absolute atomic E-state index is 12.7. The number of nitriles is 1. The molecule has 2 amide bonds. The predicted octanol–water partition coefficient (Wildman–Crippen LogP) is 4.33. The number of fused-ring (bicyclic) bond motifs is 1. The summed E-state index contributed by atoms with van der Waals surface area (Å²) < 4.78 is 1.78. The molecular weight excluding hydrogens is 388 g/mol. The average molecular weight is 415 g/mol. The third-order valence-corrected chi connectivity index (χ3v) is 5.29. The first-order valence-electron chi connectivity index (χ1n) is 10.3. The van der Waals surface area contributed by atoms with Crippen LogP contribution >= 0.6 is 0 Å². The van der Waals surface area contributed by atoms with E-state index in [0.29, 0.717) is 17.1 Å². The van der Waals surface area contributed by atoms with Gasteiger partial charge in [0.2, 0.25) is 0 Å². The van der Waals surface area contributed by atoms with Crippen molar-refractivity contribution >= 4 is 17.5 Å². The van der Waals surface area contributed by atoms with Crippen LogP contribution in [0.1, 0.15) is 43.2 Å². The third kappa shape index (κ3) is 4.60. The standard InChI is InChI=1S/C24H26N6O/c1-24(2,3)21-13-22(28-23(31)27-19-6-4-5-16(11-19)14-25)30(29-21)20-8-7-17-9-10-26-15-18(17)12-20/h4-8,11-13,26H,9-10,15H2,1-3H3,(H2,27,28,31). The lowest BCUT2D eigenvalue weighted by atomic mass is 9.92.